The normalized spacial score (nSPS) is 11.7. The molecule has 1 unspecified atom stereocenters. The first kappa shape index (κ1) is 12.9. The average Bonchev–Trinajstić information content (AvgIpc) is 2.43. The van der Waals surface area contributed by atoms with Gasteiger partial charge in [0.1, 0.15) is 0 Å². The van der Waals surface area contributed by atoms with Gasteiger partial charge in [0.15, 0.2) is 0 Å². The number of terminal acetylenes is 1. The van der Waals surface area contributed by atoms with Crippen molar-refractivity contribution in [2.45, 2.75) is 12.3 Å². The summed E-state index contributed by atoms with van der Waals surface area (Å²) in [4.78, 5) is 11.4. The summed E-state index contributed by atoms with van der Waals surface area (Å²) >= 11 is 0. The molecule has 0 fully saturated rings. The molecule has 1 N–H and O–H groups in total. The highest BCUT2D eigenvalue weighted by molar-refractivity contribution is 5.91. The van der Waals surface area contributed by atoms with Gasteiger partial charge in [0.25, 0.3) is 0 Å². The van der Waals surface area contributed by atoms with E-state index in [2.05, 4.69) is 12.5 Å². The van der Waals surface area contributed by atoms with Gasteiger partial charge in [-0.15, -0.1) is 13.0 Å². The van der Waals surface area contributed by atoms with Crippen molar-refractivity contribution in [2.75, 3.05) is 0 Å². The molecule has 0 saturated carbocycles. The highest BCUT2D eigenvalue weighted by Gasteiger charge is 2.21. The summed E-state index contributed by atoms with van der Waals surface area (Å²) in [5.41, 5.74) is 1.33. The van der Waals surface area contributed by atoms with Crippen LogP contribution in [0.3, 0.4) is 0 Å². The molecule has 0 aliphatic rings. The zero-order valence-electron chi connectivity index (χ0n) is 10.5. The van der Waals surface area contributed by atoms with Crippen molar-refractivity contribution < 1.29 is 9.90 Å². The molecule has 0 heterocycles. The Morgan fingerprint density at radius 3 is 2.74 bits per heavy atom. The molecule has 0 amide bonds. The first-order valence-corrected chi connectivity index (χ1v) is 6.01. The van der Waals surface area contributed by atoms with Crippen LogP contribution in [0, 0.1) is 12.3 Å². The molecule has 0 aliphatic carbocycles. The second-order valence-corrected chi connectivity index (χ2v) is 4.31. The van der Waals surface area contributed by atoms with Crippen LogP contribution in [-0.4, -0.2) is 11.1 Å². The van der Waals surface area contributed by atoms with E-state index in [-0.39, 0.29) is 0 Å². The molecular formula is C17H14O2. The quantitative estimate of drug-likeness (QED) is 0.665. The Morgan fingerprint density at radius 1 is 1.37 bits per heavy atom. The highest BCUT2D eigenvalue weighted by atomic mass is 16.4. The maximum absolute atomic E-state index is 11.4. The van der Waals surface area contributed by atoms with Crippen LogP contribution in [0.5, 0.6) is 0 Å². The topological polar surface area (TPSA) is 37.3 Å². The molecule has 0 aliphatic heterocycles. The van der Waals surface area contributed by atoms with E-state index < -0.39 is 11.9 Å². The van der Waals surface area contributed by atoms with Crippen LogP contribution in [-0.2, 0) is 4.79 Å². The molecule has 0 spiro atoms. The molecule has 0 bridgehead atoms. The number of carboxylic acid groups (broad SMARTS) is 1. The van der Waals surface area contributed by atoms with E-state index in [0.29, 0.717) is 17.5 Å². The molecule has 2 aromatic rings. The fourth-order valence-corrected chi connectivity index (χ4v) is 2.27. The number of benzene rings is 2. The molecule has 1 atom stereocenters. The molecule has 0 radical (unpaired) electrons. The molecular weight excluding hydrogens is 236 g/mol. The van der Waals surface area contributed by atoms with E-state index in [4.69, 9.17) is 6.42 Å². The van der Waals surface area contributed by atoms with Crippen molar-refractivity contribution in [1.82, 2.24) is 0 Å². The minimum absolute atomic E-state index is 0.363. The summed E-state index contributed by atoms with van der Waals surface area (Å²) in [7, 11) is 0. The molecule has 2 heteroatoms. The molecule has 0 saturated heterocycles. The van der Waals surface area contributed by atoms with Gasteiger partial charge in [0.05, 0.1) is 5.92 Å². The number of hydrogen-bond donors (Lipinski definition) is 1. The smallest absolute Gasteiger partial charge is 0.311 e. The van der Waals surface area contributed by atoms with E-state index in [1.165, 1.54) is 0 Å². The maximum atomic E-state index is 11.4. The maximum Gasteiger partial charge on any atom is 0.311 e. The fraction of sp³-hybridized carbons (Fsp3) is 0.118. The first-order chi connectivity index (χ1) is 9.19. The number of hydrogen-bond acceptors (Lipinski definition) is 1. The zero-order valence-corrected chi connectivity index (χ0v) is 10.5. The standard InChI is InChI=1S/C17H14O2/c1-3-7-16(17(18)19)15-11-10-12-8-5-6-9-14(12)13(15)4-2/h2-3,5-6,8-11,16H,1,7H2,(H,18,19). The SMILES string of the molecule is C#Cc1c(C(CC=C)C(=O)O)ccc2ccccc12. The molecule has 94 valence electrons. The summed E-state index contributed by atoms with van der Waals surface area (Å²) in [6.45, 7) is 3.61. The number of carboxylic acids is 1. The number of allylic oxidation sites excluding steroid dienone is 1. The van der Waals surface area contributed by atoms with Crippen LogP contribution in [0.2, 0.25) is 0 Å². The molecule has 2 aromatic carbocycles. The summed E-state index contributed by atoms with van der Waals surface area (Å²) in [5.74, 6) is 1.11. The van der Waals surface area contributed by atoms with E-state index in [1.807, 2.05) is 30.3 Å². The highest BCUT2D eigenvalue weighted by Crippen LogP contribution is 2.29. The second-order valence-electron chi connectivity index (χ2n) is 4.31. The van der Waals surface area contributed by atoms with Crippen LogP contribution >= 0.6 is 0 Å². The zero-order chi connectivity index (χ0) is 13.8. The second kappa shape index (κ2) is 5.41. The van der Waals surface area contributed by atoms with Crippen molar-refractivity contribution in [1.29, 1.82) is 0 Å². The Balaban J connectivity index is 2.70. The summed E-state index contributed by atoms with van der Waals surface area (Å²) in [5, 5.41) is 11.3. The Kier molecular flexibility index (Phi) is 3.68. The predicted molar refractivity (Wildman–Crippen MR) is 77.1 cm³/mol. The molecule has 19 heavy (non-hydrogen) atoms. The van der Waals surface area contributed by atoms with Gasteiger partial charge >= 0.3 is 5.97 Å². The van der Waals surface area contributed by atoms with Gasteiger partial charge in [0, 0.05) is 5.56 Å². The summed E-state index contributed by atoms with van der Waals surface area (Å²) < 4.78 is 0. The van der Waals surface area contributed by atoms with Crippen LogP contribution < -0.4 is 0 Å². The number of carbonyl (C=O) groups is 1. The molecule has 0 aromatic heterocycles. The number of rotatable bonds is 4. The third-order valence-electron chi connectivity index (χ3n) is 3.18. The van der Waals surface area contributed by atoms with Crippen molar-refractivity contribution in [3.63, 3.8) is 0 Å². The van der Waals surface area contributed by atoms with Gasteiger partial charge in [-0.1, -0.05) is 48.4 Å². The Bertz CT molecular complexity index is 677. The van der Waals surface area contributed by atoms with Crippen molar-refractivity contribution >= 4 is 16.7 Å². The lowest BCUT2D eigenvalue weighted by molar-refractivity contribution is -0.138. The average molecular weight is 250 g/mol. The van der Waals surface area contributed by atoms with Gasteiger partial charge in [-0.3, -0.25) is 4.79 Å². The minimum atomic E-state index is -0.883. The molecule has 2 nitrogen and oxygen atoms in total. The summed E-state index contributed by atoms with van der Waals surface area (Å²) in [6, 6.07) is 11.4. The van der Waals surface area contributed by atoms with Crippen molar-refractivity contribution in [3.05, 3.63) is 60.2 Å². The van der Waals surface area contributed by atoms with Gasteiger partial charge in [0.2, 0.25) is 0 Å². The van der Waals surface area contributed by atoms with Crippen LogP contribution in [0.15, 0.2) is 49.1 Å². The van der Waals surface area contributed by atoms with Gasteiger partial charge in [-0.05, 0) is 22.8 Å². The van der Waals surface area contributed by atoms with Gasteiger partial charge < -0.3 is 5.11 Å². The van der Waals surface area contributed by atoms with E-state index in [9.17, 15) is 9.90 Å². The minimum Gasteiger partial charge on any atom is -0.481 e. The van der Waals surface area contributed by atoms with E-state index >= 15 is 0 Å². The third-order valence-corrected chi connectivity index (χ3v) is 3.18. The molecule has 2 rings (SSSR count). The van der Waals surface area contributed by atoms with Crippen molar-refractivity contribution in [3.8, 4) is 12.3 Å². The first-order valence-electron chi connectivity index (χ1n) is 6.01. The van der Waals surface area contributed by atoms with Gasteiger partial charge in [-0.2, -0.15) is 0 Å². The summed E-state index contributed by atoms with van der Waals surface area (Å²) in [6.07, 6.45) is 7.55. The lowest BCUT2D eigenvalue weighted by atomic mass is 9.88. The fourth-order valence-electron chi connectivity index (χ4n) is 2.27. The Hall–Kier alpha value is -2.53. The van der Waals surface area contributed by atoms with Crippen LogP contribution in [0.4, 0.5) is 0 Å². The Labute approximate surface area is 112 Å². The van der Waals surface area contributed by atoms with E-state index in [0.717, 1.165) is 10.8 Å². The van der Waals surface area contributed by atoms with E-state index in [1.54, 1.807) is 12.1 Å². The van der Waals surface area contributed by atoms with Gasteiger partial charge in [-0.25, -0.2) is 0 Å². The lowest BCUT2D eigenvalue weighted by Gasteiger charge is -2.14. The monoisotopic (exact) mass is 250 g/mol. The predicted octanol–water partition coefficient (Wildman–Crippen LogP) is 3.57. The van der Waals surface area contributed by atoms with Crippen molar-refractivity contribution in [2.24, 2.45) is 0 Å². The Morgan fingerprint density at radius 2 is 2.11 bits per heavy atom. The third kappa shape index (κ3) is 2.36. The lowest BCUT2D eigenvalue weighted by Crippen LogP contribution is -2.12. The number of aliphatic carboxylic acids is 1. The number of fused-ring (bicyclic) bond motifs is 1. The van der Waals surface area contributed by atoms with Crippen LogP contribution in [0.1, 0.15) is 23.5 Å². The van der Waals surface area contributed by atoms with Crippen LogP contribution in [0.25, 0.3) is 10.8 Å². The largest absolute Gasteiger partial charge is 0.481 e.